The largest absolute Gasteiger partial charge is 0.374 e. The lowest BCUT2D eigenvalue weighted by atomic mass is 10.1. The van der Waals surface area contributed by atoms with Gasteiger partial charge in [0.25, 0.3) is 5.91 Å². The molecular weight excluding hydrogens is 350 g/mol. The molecule has 26 heavy (non-hydrogen) atoms. The van der Waals surface area contributed by atoms with Gasteiger partial charge in [-0.05, 0) is 57.4 Å². The van der Waals surface area contributed by atoms with Crippen LogP contribution in [0.5, 0.6) is 0 Å². The van der Waals surface area contributed by atoms with Crippen LogP contribution in [-0.4, -0.2) is 29.9 Å². The first kappa shape index (κ1) is 20.1. The Morgan fingerprint density at radius 3 is 2.77 bits per heavy atom. The maximum absolute atomic E-state index is 12.1. The standard InChI is InChI=1S/C18H27N5O2S/c1-18(2,20)10-15(26)23-14-9-11(6-7-12(14)16(19)24)22-13-5-3-4-8-21-17(13)25/h6-7,9-10,13,22-23,26H,3-5,8,20H2,1-2H3,(H2,19,24)(H,21,25)/b15-10-. The Bertz CT molecular complexity index is 712. The maximum atomic E-state index is 12.1. The third-order valence-corrected chi connectivity index (χ3v) is 4.17. The van der Waals surface area contributed by atoms with Gasteiger partial charge < -0.3 is 27.4 Å². The second kappa shape index (κ2) is 8.46. The van der Waals surface area contributed by atoms with Crippen LogP contribution in [-0.2, 0) is 4.79 Å². The molecule has 1 aromatic rings. The molecule has 0 spiro atoms. The zero-order valence-electron chi connectivity index (χ0n) is 15.1. The summed E-state index contributed by atoms with van der Waals surface area (Å²) in [5.41, 5.74) is 12.4. The quantitative estimate of drug-likeness (QED) is 0.422. The van der Waals surface area contributed by atoms with E-state index in [1.165, 1.54) is 0 Å². The monoisotopic (exact) mass is 377 g/mol. The summed E-state index contributed by atoms with van der Waals surface area (Å²) in [6.07, 6.45) is 4.43. The third-order valence-electron chi connectivity index (χ3n) is 3.93. The highest BCUT2D eigenvalue weighted by molar-refractivity contribution is 7.84. The molecule has 0 aliphatic carbocycles. The van der Waals surface area contributed by atoms with Crippen molar-refractivity contribution in [3.8, 4) is 0 Å². The van der Waals surface area contributed by atoms with Crippen molar-refractivity contribution in [3.05, 3.63) is 34.9 Å². The zero-order valence-corrected chi connectivity index (χ0v) is 16.0. The summed E-state index contributed by atoms with van der Waals surface area (Å²) in [6, 6.07) is 4.79. The van der Waals surface area contributed by atoms with Crippen molar-refractivity contribution >= 4 is 35.8 Å². The fourth-order valence-corrected chi connectivity index (χ4v) is 3.21. The number of hydrogen-bond donors (Lipinski definition) is 6. The highest BCUT2D eigenvalue weighted by atomic mass is 32.1. The van der Waals surface area contributed by atoms with Crippen LogP contribution in [0.15, 0.2) is 29.3 Å². The van der Waals surface area contributed by atoms with E-state index < -0.39 is 11.4 Å². The summed E-state index contributed by atoms with van der Waals surface area (Å²) in [7, 11) is 0. The molecule has 2 rings (SSSR count). The summed E-state index contributed by atoms with van der Waals surface area (Å²) in [6.45, 7) is 4.37. The first-order valence-corrected chi connectivity index (χ1v) is 9.06. The molecule has 7 nitrogen and oxygen atoms in total. The van der Waals surface area contributed by atoms with E-state index in [4.69, 9.17) is 11.5 Å². The van der Waals surface area contributed by atoms with Crippen LogP contribution in [0, 0.1) is 0 Å². The van der Waals surface area contributed by atoms with Crippen molar-refractivity contribution < 1.29 is 9.59 Å². The number of amides is 2. The van der Waals surface area contributed by atoms with Gasteiger partial charge in [0.1, 0.15) is 6.04 Å². The van der Waals surface area contributed by atoms with E-state index in [0.717, 1.165) is 19.3 Å². The predicted octanol–water partition coefficient (Wildman–Crippen LogP) is 1.79. The van der Waals surface area contributed by atoms with E-state index in [2.05, 4.69) is 28.6 Å². The Hall–Kier alpha value is -2.19. The first-order chi connectivity index (χ1) is 12.2. The maximum Gasteiger partial charge on any atom is 0.250 e. The van der Waals surface area contributed by atoms with Gasteiger partial charge in [-0.1, -0.05) is 0 Å². The minimum absolute atomic E-state index is 0.0179. The Balaban J connectivity index is 2.25. The number of benzene rings is 1. The second-order valence-corrected chi connectivity index (χ2v) is 7.57. The number of thiol groups is 1. The minimum atomic E-state index is -0.564. The van der Waals surface area contributed by atoms with Crippen LogP contribution in [0.3, 0.4) is 0 Å². The number of carbonyl (C=O) groups excluding carboxylic acids is 2. The van der Waals surface area contributed by atoms with E-state index in [1.54, 1.807) is 24.3 Å². The van der Waals surface area contributed by atoms with Crippen LogP contribution in [0.4, 0.5) is 11.4 Å². The van der Waals surface area contributed by atoms with Crippen LogP contribution in [0.25, 0.3) is 0 Å². The fourth-order valence-electron chi connectivity index (χ4n) is 2.76. The molecule has 1 unspecified atom stereocenters. The highest BCUT2D eigenvalue weighted by Crippen LogP contribution is 2.25. The predicted molar refractivity (Wildman–Crippen MR) is 108 cm³/mol. The second-order valence-electron chi connectivity index (χ2n) is 7.08. The van der Waals surface area contributed by atoms with Gasteiger partial charge in [0.15, 0.2) is 0 Å². The van der Waals surface area contributed by atoms with Crippen LogP contribution in [0.1, 0.15) is 43.5 Å². The fraction of sp³-hybridized carbons (Fsp3) is 0.444. The van der Waals surface area contributed by atoms with Gasteiger partial charge in [-0.15, -0.1) is 12.6 Å². The lowest BCUT2D eigenvalue weighted by molar-refractivity contribution is -0.121. The Morgan fingerprint density at radius 2 is 2.12 bits per heavy atom. The van der Waals surface area contributed by atoms with Gasteiger partial charge in [0.05, 0.1) is 16.3 Å². The molecule has 2 amide bonds. The molecule has 1 aliphatic heterocycles. The SMILES string of the molecule is CC(C)(N)/C=C(\S)Nc1cc(NC2CCCCNC2=O)ccc1C(N)=O. The molecule has 8 heteroatoms. The smallest absolute Gasteiger partial charge is 0.250 e. The van der Waals surface area contributed by atoms with Crippen molar-refractivity contribution in [1.29, 1.82) is 0 Å². The number of nitrogens with two attached hydrogens (primary N) is 2. The number of primary amides is 1. The van der Waals surface area contributed by atoms with Crippen molar-refractivity contribution in [2.45, 2.75) is 44.7 Å². The molecule has 0 bridgehead atoms. The van der Waals surface area contributed by atoms with E-state index in [-0.39, 0.29) is 11.9 Å². The highest BCUT2D eigenvalue weighted by Gasteiger charge is 2.21. The molecule has 0 radical (unpaired) electrons. The van der Waals surface area contributed by atoms with Gasteiger partial charge in [0, 0.05) is 17.8 Å². The molecule has 7 N–H and O–H groups in total. The average Bonchev–Trinajstić information content (AvgIpc) is 2.70. The molecule has 142 valence electrons. The Kier molecular flexibility index (Phi) is 6.55. The molecule has 1 heterocycles. The molecule has 1 saturated heterocycles. The van der Waals surface area contributed by atoms with Gasteiger partial charge >= 0.3 is 0 Å². The van der Waals surface area contributed by atoms with Gasteiger partial charge in [-0.3, -0.25) is 9.59 Å². The van der Waals surface area contributed by atoms with E-state index in [1.807, 2.05) is 13.8 Å². The van der Waals surface area contributed by atoms with Crippen molar-refractivity contribution in [3.63, 3.8) is 0 Å². The molecule has 0 aromatic heterocycles. The molecule has 0 saturated carbocycles. The van der Waals surface area contributed by atoms with Crippen molar-refractivity contribution in [2.24, 2.45) is 11.5 Å². The first-order valence-electron chi connectivity index (χ1n) is 8.61. The zero-order chi connectivity index (χ0) is 19.3. The summed E-state index contributed by atoms with van der Waals surface area (Å²) in [4.78, 5) is 23.8. The third kappa shape index (κ3) is 5.96. The van der Waals surface area contributed by atoms with Crippen LogP contribution in [0.2, 0.25) is 0 Å². The van der Waals surface area contributed by atoms with Crippen molar-refractivity contribution in [1.82, 2.24) is 5.32 Å². The van der Waals surface area contributed by atoms with Gasteiger partial charge in [0.2, 0.25) is 5.91 Å². The number of nitrogens with one attached hydrogen (secondary N) is 3. The molecule has 1 fully saturated rings. The van der Waals surface area contributed by atoms with E-state index in [9.17, 15) is 9.59 Å². The minimum Gasteiger partial charge on any atom is -0.374 e. The Morgan fingerprint density at radius 1 is 1.38 bits per heavy atom. The molecule has 1 atom stereocenters. The summed E-state index contributed by atoms with van der Waals surface area (Å²) in [5, 5.41) is 9.67. The molecule has 1 aromatic carbocycles. The number of hydrogen-bond acceptors (Lipinski definition) is 6. The average molecular weight is 378 g/mol. The number of anilines is 2. The van der Waals surface area contributed by atoms with Crippen molar-refractivity contribution in [2.75, 3.05) is 17.2 Å². The topological polar surface area (TPSA) is 122 Å². The molecular formula is C18H27N5O2S. The normalized spacial score (nSPS) is 18.7. The Labute approximate surface area is 159 Å². The van der Waals surface area contributed by atoms with E-state index >= 15 is 0 Å². The lowest BCUT2D eigenvalue weighted by Crippen LogP contribution is -2.37. The van der Waals surface area contributed by atoms with Gasteiger partial charge in [-0.25, -0.2) is 0 Å². The van der Waals surface area contributed by atoms with Crippen LogP contribution >= 0.6 is 12.6 Å². The summed E-state index contributed by atoms with van der Waals surface area (Å²) < 4.78 is 0. The lowest BCUT2D eigenvalue weighted by Gasteiger charge is -2.19. The van der Waals surface area contributed by atoms with Gasteiger partial charge in [-0.2, -0.15) is 0 Å². The number of rotatable bonds is 6. The summed E-state index contributed by atoms with van der Waals surface area (Å²) in [5.74, 6) is -0.574. The van der Waals surface area contributed by atoms with Crippen LogP contribution < -0.4 is 27.4 Å². The van der Waals surface area contributed by atoms with E-state index in [0.29, 0.717) is 28.5 Å². The number of carbonyl (C=O) groups is 2. The summed E-state index contributed by atoms with van der Waals surface area (Å²) >= 11 is 4.38. The molecule has 1 aliphatic rings.